The maximum Gasteiger partial charge on any atom is 0.267 e. The van der Waals surface area contributed by atoms with Crippen molar-refractivity contribution in [2.75, 3.05) is 15.4 Å². The van der Waals surface area contributed by atoms with E-state index in [1.165, 1.54) is 31.2 Å². The number of hydrogen-bond donors (Lipinski definition) is 3. The number of aryl methyl sites for hydroxylation is 1. The van der Waals surface area contributed by atoms with E-state index in [1.807, 2.05) is 6.07 Å². The van der Waals surface area contributed by atoms with Crippen LogP contribution in [0.1, 0.15) is 22.3 Å². The predicted molar refractivity (Wildman–Crippen MR) is 113 cm³/mol. The van der Waals surface area contributed by atoms with Gasteiger partial charge in [0.1, 0.15) is 4.88 Å². The number of para-hydroxylation sites is 1. The van der Waals surface area contributed by atoms with Gasteiger partial charge in [-0.1, -0.05) is 29.5 Å². The summed E-state index contributed by atoms with van der Waals surface area (Å²) in [6.07, 6.45) is 0. The van der Waals surface area contributed by atoms with Crippen molar-refractivity contribution < 1.29 is 18.0 Å². The molecule has 8 nitrogen and oxygen atoms in total. The minimum absolute atomic E-state index is 0.00902. The van der Waals surface area contributed by atoms with E-state index in [0.717, 1.165) is 11.3 Å². The minimum Gasteiger partial charge on any atom is -0.326 e. The number of nitrogens with zero attached hydrogens (tertiary/aromatic N) is 1. The van der Waals surface area contributed by atoms with Gasteiger partial charge in [0, 0.05) is 18.3 Å². The molecule has 29 heavy (non-hydrogen) atoms. The Morgan fingerprint density at radius 3 is 2.17 bits per heavy atom. The fraction of sp³-hybridized carbons (Fsp3) is 0.105. The van der Waals surface area contributed by atoms with Crippen molar-refractivity contribution in [1.82, 2.24) is 4.98 Å². The van der Waals surface area contributed by atoms with Crippen molar-refractivity contribution >= 4 is 49.7 Å². The van der Waals surface area contributed by atoms with Gasteiger partial charge in [0.2, 0.25) is 5.91 Å². The van der Waals surface area contributed by atoms with Crippen LogP contribution >= 0.6 is 11.3 Å². The molecule has 1 heterocycles. The Hall–Kier alpha value is -3.24. The molecule has 2 amide bonds. The van der Waals surface area contributed by atoms with E-state index in [9.17, 15) is 18.0 Å². The third-order valence-corrected chi connectivity index (χ3v) is 6.30. The van der Waals surface area contributed by atoms with Crippen molar-refractivity contribution in [3.63, 3.8) is 0 Å². The highest BCUT2D eigenvalue weighted by Crippen LogP contribution is 2.26. The van der Waals surface area contributed by atoms with Crippen molar-refractivity contribution in [3.05, 3.63) is 65.2 Å². The largest absolute Gasteiger partial charge is 0.326 e. The van der Waals surface area contributed by atoms with Gasteiger partial charge in [-0.25, -0.2) is 13.4 Å². The molecule has 3 aromatic rings. The zero-order valence-corrected chi connectivity index (χ0v) is 17.2. The zero-order valence-electron chi connectivity index (χ0n) is 15.6. The summed E-state index contributed by atoms with van der Waals surface area (Å²) in [7, 11) is -3.89. The lowest BCUT2D eigenvalue weighted by molar-refractivity contribution is -0.114. The molecule has 3 rings (SSSR count). The van der Waals surface area contributed by atoms with Crippen molar-refractivity contribution in [3.8, 4) is 0 Å². The van der Waals surface area contributed by atoms with Crippen LogP contribution in [0, 0.1) is 6.92 Å². The molecule has 1 aromatic heterocycles. The summed E-state index contributed by atoms with van der Waals surface area (Å²) in [5.41, 5.74) is 1.54. The van der Waals surface area contributed by atoms with Crippen LogP contribution in [0.25, 0.3) is 0 Å². The second kappa shape index (κ2) is 8.41. The maximum absolute atomic E-state index is 12.6. The number of rotatable bonds is 6. The molecule has 0 radical (unpaired) electrons. The van der Waals surface area contributed by atoms with Crippen LogP contribution in [-0.4, -0.2) is 25.2 Å². The molecular formula is C19H18N4O4S2. The molecule has 0 aliphatic rings. The van der Waals surface area contributed by atoms with E-state index in [2.05, 4.69) is 20.3 Å². The fourth-order valence-electron chi connectivity index (χ4n) is 2.45. The number of hydrogen-bond acceptors (Lipinski definition) is 6. The van der Waals surface area contributed by atoms with Crippen LogP contribution in [0.15, 0.2) is 59.5 Å². The van der Waals surface area contributed by atoms with Gasteiger partial charge in [0.05, 0.1) is 10.6 Å². The molecule has 0 unspecified atom stereocenters. The molecule has 0 aliphatic carbocycles. The summed E-state index contributed by atoms with van der Waals surface area (Å²) in [5.74, 6) is -0.616. The number of amides is 2. The molecule has 0 spiro atoms. The van der Waals surface area contributed by atoms with Gasteiger partial charge in [-0.2, -0.15) is 0 Å². The molecule has 10 heteroatoms. The number of benzene rings is 2. The van der Waals surface area contributed by atoms with Crippen molar-refractivity contribution in [1.29, 1.82) is 0 Å². The van der Waals surface area contributed by atoms with E-state index in [1.54, 1.807) is 31.2 Å². The summed E-state index contributed by atoms with van der Waals surface area (Å²) >= 11 is 0.950. The Labute approximate surface area is 172 Å². The molecule has 150 valence electrons. The summed E-state index contributed by atoms with van der Waals surface area (Å²) in [6, 6.07) is 14.7. The molecule has 0 bridgehead atoms. The highest BCUT2D eigenvalue weighted by molar-refractivity contribution is 7.93. The summed E-state index contributed by atoms with van der Waals surface area (Å²) in [4.78, 5) is 28.0. The lowest BCUT2D eigenvalue weighted by Gasteiger charge is -2.06. The summed E-state index contributed by atoms with van der Waals surface area (Å²) in [6.45, 7) is 3.00. The lowest BCUT2D eigenvalue weighted by atomic mass is 10.3. The lowest BCUT2D eigenvalue weighted by Crippen LogP contribution is -2.13. The van der Waals surface area contributed by atoms with Gasteiger partial charge >= 0.3 is 0 Å². The van der Waals surface area contributed by atoms with Gasteiger partial charge in [0.15, 0.2) is 5.13 Å². The fourth-order valence-corrected chi connectivity index (χ4v) is 4.55. The number of thiazole rings is 1. The average molecular weight is 431 g/mol. The standard InChI is InChI=1S/C19H18N4O4S2/c1-12-17(18(25)22-14-6-4-3-5-7-14)28-19(20-12)23-29(26,27)16-10-8-15(9-11-16)21-13(2)24/h3-11H,1-2H3,(H,20,23)(H,21,24)(H,22,25). The van der Waals surface area contributed by atoms with E-state index in [0.29, 0.717) is 21.9 Å². The normalized spacial score (nSPS) is 11.0. The van der Waals surface area contributed by atoms with Gasteiger partial charge in [-0.15, -0.1) is 0 Å². The highest BCUT2D eigenvalue weighted by Gasteiger charge is 2.20. The van der Waals surface area contributed by atoms with Crippen LogP contribution < -0.4 is 15.4 Å². The van der Waals surface area contributed by atoms with Gasteiger partial charge in [0.25, 0.3) is 15.9 Å². The van der Waals surface area contributed by atoms with Crippen LogP contribution in [0.4, 0.5) is 16.5 Å². The Bertz CT molecular complexity index is 1140. The first-order valence-electron chi connectivity index (χ1n) is 8.49. The molecule has 0 saturated heterocycles. The maximum atomic E-state index is 12.6. The third kappa shape index (κ3) is 5.18. The number of carbonyl (C=O) groups is 2. The van der Waals surface area contributed by atoms with Crippen LogP contribution in [-0.2, 0) is 14.8 Å². The second-order valence-corrected chi connectivity index (χ2v) is 8.75. The minimum atomic E-state index is -3.89. The number of sulfonamides is 1. The molecule has 2 aromatic carbocycles. The topological polar surface area (TPSA) is 117 Å². The number of nitrogens with one attached hydrogen (secondary N) is 3. The zero-order chi connectivity index (χ0) is 21.0. The predicted octanol–water partition coefficient (Wildman–Crippen LogP) is 3.46. The molecule has 0 saturated carbocycles. The Morgan fingerprint density at radius 2 is 1.55 bits per heavy atom. The second-order valence-electron chi connectivity index (χ2n) is 6.06. The molecule has 0 fully saturated rings. The molecule has 0 aliphatic heterocycles. The summed E-state index contributed by atoms with van der Waals surface area (Å²) in [5, 5.41) is 5.41. The van der Waals surface area contributed by atoms with Gasteiger partial charge in [-0.3, -0.25) is 14.3 Å². The third-order valence-electron chi connectivity index (χ3n) is 3.74. The van der Waals surface area contributed by atoms with Gasteiger partial charge < -0.3 is 10.6 Å². The molecule has 3 N–H and O–H groups in total. The number of anilines is 3. The van der Waals surface area contributed by atoms with Crippen LogP contribution in [0.3, 0.4) is 0 Å². The Kier molecular flexibility index (Phi) is 5.95. The summed E-state index contributed by atoms with van der Waals surface area (Å²) < 4.78 is 27.6. The Balaban J connectivity index is 1.75. The monoisotopic (exact) mass is 430 g/mol. The van der Waals surface area contributed by atoms with E-state index >= 15 is 0 Å². The number of aromatic nitrogens is 1. The first kappa shape index (κ1) is 20.5. The smallest absolute Gasteiger partial charge is 0.267 e. The highest BCUT2D eigenvalue weighted by atomic mass is 32.2. The van der Waals surface area contributed by atoms with E-state index in [-0.39, 0.29) is 21.8 Å². The van der Waals surface area contributed by atoms with E-state index in [4.69, 9.17) is 0 Å². The van der Waals surface area contributed by atoms with Crippen molar-refractivity contribution in [2.24, 2.45) is 0 Å². The first-order valence-corrected chi connectivity index (χ1v) is 10.8. The Morgan fingerprint density at radius 1 is 0.931 bits per heavy atom. The van der Waals surface area contributed by atoms with Crippen molar-refractivity contribution in [2.45, 2.75) is 18.7 Å². The number of carbonyl (C=O) groups excluding carboxylic acids is 2. The van der Waals surface area contributed by atoms with Crippen LogP contribution in [0.5, 0.6) is 0 Å². The quantitative estimate of drug-likeness (QED) is 0.554. The molecular weight excluding hydrogens is 412 g/mol. The van der Waals surface area contributed by atoms with Gasteiger partial charge in [-0.05, 0) is 43.3 Å². The molecule has 0 atom stereocenters. The first-order chi connectivity index (χ1) is 13.7. The van der Waals surface area contributed by atoms with Crippen LogP contribution in [0.2, 0.25) is 0 Å². The average Bonchev–Trinajstić information content (AvgIpc) is 3.02. The SMILES string of the molecule is CC(=O)Nc1ccc(S(=O)(=O)Nc2nc(C)c(C(=O)Nc3ccccc3)s2)cc1. The van der Waals surface area contributed by atoms with E-state index < -0.39 is 10.0 Å².